The summed E-state index contributed by atoms with van der Waals surface area (Å²) in [5, 5.41) is 2.73. The van der Waals surface area contributed by atoms with Crippen LogP contribution < -0.4 is 15.0 Å². The van der Waals surface area contributed by atoms with E-state index in [-0.39, 0.29) is 23.1 Å². The lowest BCUT2D eigenvalue weighted by Crippen LogP contribution is -2.41. The molecule has 1 aliphatic rings. The zero-order valence-corrected chi connectivity index (χ0v) is 17.8. The molecule has 0 atom stereocenters. The lowest BCUT2D eigenvalue weighted by Gasteiger charge is -2.29. The highest BCUT2D eigenvalue weighted by Gasteiger charge is 2.29. The van der Waals surface area contributed by atoms with Gasteiger partial charge in [0, 0.05) is 30.7 Å². The van der Waals surface area contributed by atoms with Crippen molar-refractivity contribution in [2.75, 3.05) is 43.7 Å². The van der Waals surface area contributed by atoms with Crippen LogP contribution in [0.5, 0.6) is 5.75 Å². The number of nitrogens with one attached hydrogen (secondary N) is 1. The lowest BCUT2D eigenvalue weighted by molar-refractivity contribution is -0.120. The fraction of sp³-hybridized carbons (Fsp3) is 0.263. The highest BCUT2D eigenvalue weighted by atomic mass is 32.2. The molecule has 10 heteroatoms. The number of hydrogen-bond donors (Lipinski definition) is 1. The number of hydrogen-bond acceptors (Lipinski definition) is 6. The Bertz CT molecular complexity index is 1050. The predicted molar refractivity (Wildman–Crippen MR) is 112 cm³/mol. The van der Waals surface area contributed by atoms with Gasteiger partial charge >= 0.3 is 0 Å². The Labute approximate surface area is 173 Å². The van der Waals surface area contributed by atoms with Crippen LogP contribution in [0.4, 0.5) is 11.4 Å². The highest BCUT2D eigenvalue weighted by molar-refractivity contribution is 8.00. The predicted octanol–water partition coefficient (Wildman–Crippen LogP) is 2.02. The fourth-order valence-electron chi connectivity index (χ4n) is 2.77. The van der Waals surface area contributed by atoms with E-state index in [4.69, 9.17) is 4.74 Å². The van der Waals surface area contributed by atoms with E-state index in [2.05, 4.69) is 5.32 Å². The lowest BCUT2D eigenvalue weighted by atomic mass is 10.2. The SMILES string of the molecule is COc1cccc(NC(=O)CN2C(=O)CSc3ccc(S(=O)(=O)N(C)C)cc32)c1. The van der Waals surface area contributed by atoms with E-state index in [0.29, 0.717) is 17.1 Å². The molecule has 0 unspecified atom stereocenters. The van der Waals surface area contributed by atoms with Crippen LogP contribution >= 0.6 is 11.8 Å². The van der Waals surface area contributed by atoms with Crippen molar-refractivity contribution in [3.05, 3.63) is 42.5 Å². The molecule has 0 saturated carbocycles. The molecule has 2 amide bonds. The molecule has 2 aromatic rings. The summed E-state index contributed by atoms with van der Waals surface area (Å²) >= 11 is 1.32. The Kier molecular flexibility index (Phi) is 6.15. The monoisotopic (exact) mass is 435 g/mol. The minimum atomic E-state index is -3.66. The number of thioether (sulfide) groups is 1. The van der Waals surface area contributed by atoms with E-state index in [0.717, 1.165) is 9.20 Å². The Morgan fingerprint density at radius 3 is 2.69 bits per heavy atom. The molecule has 8 nitrogen and oxygen atoms in total. The first-order valence-electron chi connectivity index (χ1n) is 8.66. The van der Waals surface area contributed by atoms with Crippen molar-refractivity contribution in [3.8, 4) is 5.75 Å². The van der Waals surface area contributed by atoms with Gasteiger partial charge in [0.05, 0.1) is 23.4 Å². The molecule has 0 aromatic heterocycles. The molecule has 0 aliphatic carbocycles. The van der Waals surface area contributed by atoms with Gasteiger partial charge in [-0.15, -0.1) is 11.8 Å². The van der Waals surface area contributed by atoms with Crippen molar-refractivity contribution >= 4 is 45.0 Å². The van der Waals surface area contributed by atoms with E-state index in [1.54, 1.807) is 30.3 Å². The number of benzene rings is 2. The van der Waals surface area contributed by atoms with Crippen molar-refractivity contribution in [3.63, 3.8) is 0 Å². The van der Waals surface area contributed by atoms with Crippen LogP contribution in [0.25, 0.3) is 0 Å². The Morgan fingerprint density at radius 1 is 1.24 bits per heavy atom. The van der Waals surface area contributed by atoms with Gasteiger partial charge in [-0.2, -0.15) is 0 Å². The van der Waals surface area contributed by atoms with Gasteiger partial charge in [-0.3, -0.25) is 9.59 Å². The summed E-state index contributed by atoms with van der Waals surface area (Å²) in [5.74, 6) is 0.115. The van der Waals surface area contributed by atoms with Crippen molar-refractivity contribution in [1.29, 1.82) is 0 Å². The van der Waals surface area contributed by atoms with Crippen molar-refractivity contribution < 1.29 is 22.7 Å². The topological polar surface area (TPSA) is 96.0 Å². The second kappa shape index (κ2) is 8.44. The number of ether oxygens (including phenoxy) is 1. The van der Waals surface area contributed by atoms with E-state index < -0.39 is 15.9 Å². The molecule has 29 heavy (non-hydrogen) atoms. The molecular formula is C19H21N3O5S2. The van der Waals surface area contributed by atoms with E-state index in [1.165, 1.54) is 50.0 Å². The summed E-state index contributed by atoms with van der Waals surface area (Å²) in [6.07, 6.45) is 0. The summed E-state index contributed by atoms with van der Waals surface area (Å²) in [6, 6.07) is 11.5. The van der Waals surface area contributed by atoms with Crippen LogP contribution in [0, 0.1) is 0 Å². The van der Waals surface area contributed by atoms with Gasteiger partial charge in [-0.1, -0.05) is 6.07 Å². The zero-order chi connectivity index (χ0) is 21.2. The standard InChI is InChI=1S/C19H21N3O5S2/c1-21(2)29(25,26)15-7-8-17-16(10-15)22(19(24)12-28-17)11-18(23)20-13-5-4-6-14(9-13)27-3/h4-10H,11-12H2,1-3H3,(H,20,23). The van der Waals surface area contributed by atoms with Gasteiger partial charge in [-0.05, 0) is 30.3 Å². The van der Waals surface area contributed by atoms with Gasteiger partial charge in [-0.25, -0.2) is 12.7 Å². The average Bonchev–Trinajstić information content (AvgIpc) is 2.69. The minimum Gasteiger partial charge on any atom is -0.497 e. The maximum Gasteiger partial charge on any atom is 0.244 e. The third-order valence-corrected chi connectivity index (χ3v) is 7.17. The number of methoxy groups -OCH3 is 1. The summed E-state index contributed by atoms with van der Waals surface area (Å²) in [6.45, 7) is -0.227. The molecule has 0 saturated heterocycles. The molecule has 1 aliphatic heterocycles. The molecule has 0 bridgehead atoms. The van der Waals surface area contributed by atoms with Gasteiger partial charge in [0.2, 0.25) is 21.8 Å². The molecule has 0 spiro atoms. The first-order chi connectivity index (χ1) is 13.7. The zero-order valence-electron chi connectivity index (χ0n) is 16.2. The van der Waals surface area contributed by atoms with Crippen LogP contribution in [-0.2, 0) is 19.6 Å². The largest absolute Gasteiger partial charge is 0.497 e. The van der Waals surface area contributed by atoms with Gasteiger partial charge in [0.1, 0.15) is 12.3 Å². The minimum absolute atomic E-state index is 0.0646. The molecule has 2 aromatic carbocycles. The maximum atomic E-state index is 12.5. The van der Waals surface area contributed by atoms with Crippen molar-refractivity contribution in [2.45, 2.75) is 9.79 Å². The summed E-state index contributed by atoms with van der Waals surface area (Å²) in [4.78, 5) is 27.2. The van der Waals surface area contributed by atoms with Gasteiger partial charge in [0.15, 0.2) is 0 Å². The quantitative estimate of drug-likeness (QED) is 0.746. The number of sulfonamides is 1. The molecule has 0 radical (unpaired) electrons. The first kappa shape index (κ1) is 21.2. The van der Waals surface area contributed by atoms with Gasteiger partial charge in [0.25, 0.3) is 0 Å². The summed E-state index contributed by atoms with van der Waals surface area (Å²) in [5.41, 5.74) is 0.951. The number of carbonyl (C=O) groups excluding carboxylic acids is 2. The van der Waals surface area contributed by atoms with Crippen LogP contribution in [0.1, 0.15) is 0 Å². The molecule has 0 fully saturated rings. The van der Waals surface area contributed by atoms with E-state index in [1.807, 2.05) is 0 Å². The smallest absolute Gasteiger partial charge is 0.244 e. The number of anilines is 2. The number of nitrogens with zero attached hydrogens (tertiary/aromatic N) is 2. The van der Waals surface area contributed by atoms with Crippen LogP contribution in [0.2, 0.25) is 0 Å². The van der Waals surface area contributed by atoms with Gasteiger partial charge < -0.3 is 15.0 Å². The van der Waals surface area contributed by atoms with Crippen LogP contribution in [0.15, 0.2) is 52.3 Å². The Morgan fingerprint density at radius 2 is 2.00 bits per heavy atom. The third-order valence-electron chi connectivity index (χ3n) is 4.31. The molecular weight excluding hydrogens is 414 g/mol. The van der Waals surface area contributed by atoms with Crippen molar-refractivity contribution in [1.82, 2.24) is 4.31 Å². The Balaban J connectivity index is 1.86. The molecule has 154 valence electrons. The average molecular weight is 436 g/mol. The molecule has 1 heterocycles. The second-order valence-electron chi connectivity index (χ2n) is 6.47. The van der Waals surface area contributed by atoms with Crippen molar-refractivity contribution in [2.24, 2.45) is 0 Å². The Hall–Kier alpha value is -2.56. The highest BCUT2D eigenvalue weighted by Crippen LogP contribution is 2.37. The fourth-order valence-corrected chi connectivity index (χ4v) is 4.61. The van der Waals surface area contributed by atoms with Crippen LogP contribution in [-0.4, -0.2) is 58.0 Å². The summed E-state index contributed by atoms with van der Waals surface area (Å²) < 4.78 is 31.1. The number of fused-ring (bicyclic) bond motifs is 1. The van der Waals surface area contributed by atoms with E-state index in [9.17, 15) is 18.0 Å². The molecule has 1 N–H and O–H groups in total. The summed E-state index contributed by atoms with van der Waals surface area (Å²) in [7, 11) is 0.742. The number of rotatable bonds is 6. The maximum absolute atomic E-state index is 12.5. The first-order valence-corrected chi connectivity index (χ1v) is 11.1. The van der Waals surface area contributed by atoms with Crippen LogP contribution in [0.3, 0.4) is 0 Å². The second-order valence-corrected chi connectivity index (χ2v) is 9.63. The number of amides is 2. The number of carbonyl (C=O) groups is 2. The van der Waals surface area contributed by atoms with E-state index >= 15 is 0 Å². The third kappa shape index (κ3) is 4.55. The molecule has 3 rings (SSSR count). The normalized spacial score (nSPS) is 13.9.